The fourth-order valence-corrected chi connectivity index (χ4v) is 1.06. The van der Waals surface area contributed by atoms with E-state index in [0.29, 0.717) is 12.1 Å². The maximum Gasteiger partial charge on any atom is 0.455 e. The molecule has 0 radical (unpaired) electrons. The SMILES string of the molecule is COc1c(C(=O)C(F)(F)F)ccc(F)c1F. The Hall–Kier alpha value is -1.66. The van der Waals surface area contributed by atoms with Crippen molar-refractivity contribution in [2.45, 2.75) is 6.18 Å². The first kappa shape index (κ1) is 12.4. The number of methoxy groups -OCH3 is 1. The number of ketones is 1. The van der Waals surface area contributed by atoms with Gasteiger partial charge in [-0.3, -0.25) is 4.79 Å². The van der Waals surface area contributed by atoms with Crippen LogP contribution in [0.5, 0.6) is 5.75 Å². The fourth-order valence-electron chi connectivity index (χ4n) is 1.06. The van der Waals surface area contributed by atoms with E-state index in [2.05, 4.69) is 4.74 Å². The Labute approximate surface area is 86.6 Å². The molecule has 16 heavy (non-hydrogen) atoms. The van der Waals surface area contributed by atoms with Gasteiger partial charge in [0, 0.05) is 0 Å². The van der Waals surface area contributed by atoms with Crippen LogP contribution in [0, 0.1) is 11.6 Å². The topological polar surface area (TPSA) is 26.3 Å². The molecule has 1 aromatic rings. The number of alkyl halides is 3. The summed E-state index contributed by atoms with van der Waals surface area (Å²) in [4.78, 5) is 10.8. The Morgan fingerprint density at radius 1 is 1.25 bits per heavy atom. The monoisotopic (exact) mass is 240 g/mol. The van der Waals surface area contributed by atoms with Crippen LogP contribution in [0.25, 0.3) is 0 Å². The average molecular weight is 240 g/mol. The maximum atomic E-state index is 13.0. The highest BCUT2D eigenvalue weighted by Crippen LogP contribution is 2.30. The van der Waals surface area contributed by atoms with Gasteiger partial charge >= 0.3 is 6.18 Å². The molecule has 0 heterocycles. The van der Waals surface area contributed by atoms with Gasteiger partial charge in [-0.05, 0) is 12.1 Å². The molecular weight excluding hydrogens is 235 g/mol. The van der Waals surface area contributed by atoms with E-state index in [1.54, 1.807) is 0 Å². The minimum absolute atomic E-state index is 0.427. The number of halogens is 5. The van der Waals surface area contributed by atoms with Crippen molar-refractivity contribution >= 4 is 5.78 Å². The molecule has 0 aliphatic heterocycles. The first-order chi connectivity index (χ1) is 7.29. The molecule has 0 saturated heterocycles. The zero-order chi connectivity index (χ0) is 12.5. The molecule has 0 saturated carbocycles. The smallest absolute Gasteiger partial charge is 0.455 e. The third-order valence-electron chi connectivity index (χ3n) is 1.76. The molecule has 7 heteroatoms. The standard InChI is InChI=1S/C9H5F5O2/c1-16-7-4(8(15)9(12,13)14)2-3-5(10)6(7)11/h2-3H,1H3. The van der Waals surface area contributed by atoms with Crippen molar-refractivity contribution in [1.29, 1.82) is 0 Å². The molecule has 0 aliphatic carbocycles. The van der Waals surface area contributed by atoms with E-state index >= 15 is 0 Å². The second kappa shape index (κ2) is 4.07. The van der Waals surface area contributed by atoms with Gasteiger partial charge in [0.05, 0.1) is 12.7 Å². The predicted octanol–water partition coefficient (Wildman–Crippen LogP) is 2.72. The van der Waals surface area contributed by atoms with Crippen molar-refractivity contribution in [2.75, 3.05) is 7.11 Å². The van der Waals surface area contributed by atoms with Crippen LogP contribution in [0.4, 0.5) is 22.0 Å². The fraction of sp³-hybridized carbons (Fsp3) is 0.222. The van der Waals surface area contributed by atoms with Gasteiger partial charge in [-0.25, -0.2) is 4.39 Å². The summed E-state index contributed by atoms with van der Waals surface area (Å²) >= 11 is 0. The highest BCUT2D eigenvalue weighted by atomic mass is 19.4. The molecular formula is C9H5F5O2. The molecule has 88 valence electrons. The van der Waals surface area contributed by atoms with Gasteiger partial charge in [0.2, 0.25) is 5.82 Å². The lowest BCUT2D eigenvalue weighted by molar-refractivity contribution is -0.0886. The van der Waals surface area contributed by atoms with Crippen LogP contribution in [0.1, 0.15) is 10.4 Å². The molecule has 1 aromatic carbocycles. The summed E-state index contributed by atoms with van der Waals surface area (Å²) in [5.41, 5.74) is -1.06. The van der Waals surface area contributed by atoms with Crippen LogP contribution in [-0.4, -0.2) is 19.1 Å². The number of carbonyl (C=O) groups is 1. The van der Waals surface area contributed by atoms with Crippen molar-refractivity contribution in [2.24, 2.45) is 0 Å². The third kappa shape index (κ3) is 2.12. The third-order valence-corrected chi connectivity index (χ3v) is 1.76. The Bertz CT molecular complexity index is 425. The largest absolute Gasteiger partial charge is 0.493 e. The Morgan fingerprint density at radius 3 is 2.25 bits per heavy atom. The van der Waals surface area contributed by atoms with Crippen molar-refractivity contribution in [3.8, 4) is 5.75 Å². The van der Waals surface area contributed by atoms with Crippen molar-refractivity contribution < 1.29 is 31.5 Å². The molecule has 0 bridgehead atoms. The molecule has 1 rings (SSSR count). The highest BCUT2D eigenvalue weighted by molar-refractivity contribution is 6.02. The minimum atomic E-state index is -5.17. The summed E-state index contributed by atoms with van der Waals surface area (Å²) < 4.78 is 66.1. The van der Waals surface area contributed by atoms with Crippen LogP contribution in [-0.2, 0) is 0 Å². The quantitative estimate of drug-likeness (QED) is 0.586. The lowest BCUT2D eigenvalue weighted by Crippen LogP contribution is -2.23. The van der Waals surface area contributed by atoms with Crippen molar-refractivity contribution in [1.82, 2.24) is 0 Å². The van der Waals surface area contributed by atoms with E-state index in [0.717, 1.165) is 7.11 Å². The summed E-state index contributed by atoms with van der Waals surface area (Å²) in [5.74, 6) is -6.36. The Morgan fingerprint density at radius 2 is 1.81 bits per heavy atom. The first-order valence-electron chi connectivity index (χ1n) is 3.92. The van der Waals surface area contributed by atoms with E-state index in [1.165, 1.54) is 0 Å². The summed E-state index contributed by atoms with van der Waals surface area (Å²) in [5, 5.41) is 0. The second-order valence-corrected chi connectivity index (χ2v) is 2.77. The number of hydrogen-bond donors (Lipinski definition) is 0. The van der Waals surface area contributed by atoms with E-state index in [-0.39, 0.29) is 0 Å². The lowest BCUT2D eigenvalue weighted by atomic mass is 10.1. The predicted molar refractivity (Wildman–Crippen MR) is 43.3 cm³/mol. The molecule has 0 spiro atoms. The van der Waals surface area contributed by atoms with Crippen LogP contribution < -0.4 is 4.74 Å². The van der Waals surface area contributed by atoms with Crippen molar-refractivity contribution in [3.63, 3.8) is 0 Å². The van der Waals surface area contributed by atoms with Gasteiger partial charge in [0.25, 0.3) is 5.78 Å². The maximum absolute atomic E-state index is 13.0. The van der Waals surface area contributed by atoms with Crippen LogP contribution in [0.3, 0.4) is 0 Å². The summed E-state index contributed by atoms with van der Waals surface area (Å²) in [6.45, 7) is 0. The first-order valence-corrected chi connectivity index (χ1v) is 3.92. The van der Waals surface area contributed by atoms with Crippen molar-refractivity contribution in [3.05, 3.63) is 29.3 Å². The molecule has 0 N–H and O–H groups in total. The van der Waals surface area contributed by atoms with Crippen LogP contribution in [0.2, 0.25) is 0 Å². The Kier molecular flexibility index (Phi) is 3.16. The number of rotatable bonds is 2. The van der Waals surface area contributed by atoms with Gasteiger partial charge in [-0.2, -0.15) is 17.6 Å². The minimum Gasteiger partial charge on any atom is -0.493 e. The normalized spacial score (nSPS) is 11.4. The molecule has 0 amide bonds. The van der Waals surface area contributed by atoms with Gasteiger partial charge in [-0.15, -0.1) is 0 Å². The molecule has 0 unspecified atom stereocenters. The number of ether oxygens (including phenoxy) is 1. The molecule has 2 nitrogen and oxygen atoms in total. The van der Waals surface area contributed by atoms with Gasteiger partial charge in [-0.1, -0.05) is 0 Å². The lowest BCUT2D eigenvalue weighted by Gasteiger charge is -2.10. The molecule has 0 aliphatic rings. The summed E-state index contributed by atoms with van der Waals surface area (Å²) in [6, 6.07) is 0.948. The van der Waals surface area contributed by atoms with Gasteiger partial charge in [0.1, 0.15) is 0 Å². The molecule has 0 fully saturated rings. The second-order valence-electron chi connectivity index (χ2n) is 2.77. The number of carbonyl (C=O) groups excluding carboxylic acids is 1. The van der Waals surface area contributed by atoms with E-state index in [9.17, 15) is 26.7 Å². The Balaban J connectivity index is 3.36. The summed E-state index contributed by atoms with van der Waals surface area (Å²) in [7, 11) is 0.838. The van der Waals surface area contributed by atoms with Crippen LogP contribution in [0.15, 0.2) is 12.1 Å². The van der Waals surface area contributed by atoms with E-state index in [4.69, 9.17) is 0 Å². The van der Waals surface area contributed by atoms with Gasteiger partial charge < -0.3 is 4.74 Å². The number of hydrogen-bond acceptors (Lipinski definition) is 2. The average Bonchev–Trinajstić information content (AvgIpc) is 2.19. The number of Topliss-reactive ketones (excluding diaryl/α,β-unsaturated/α-hetero) is 1. The zero-order valence-corrected chi connectivity index (χ0v) is 7.86. The number of benzene rings is 1. The molecule has 0 aromatic heterocycles. The highest BCUT2D eigenvalue weighted by Gasteiger charge is 2.41. The summed E-state index contributed by atoms with van der Waals surface area (Å²) in [6.07, 6.45) is -5.17. The molecule has 0 atom stereocenters. The van der Waals surface area contributed by atoms with Crippen LogP contribution >= 0.6 is 0 Å². The van der Waals surface area contributed by atoms with E-state index in [1.807, 2.05) is 0 Å². The zero-order valence-electron chi connectivity index (χ0n) is 7.86. The van der Waals surface area contributed by atoms with E-state index < -0.39 is 34.9 Å². The van der Waals surface area contributed by atoms with Gasteiger partial charge in [0.15, 0.2) is 11.6 Å².